The summed E-state index contributed by atoms with van der Waals surface area (Å²) in [6, 6.07) is 17.0. The SMILES string of the molecule is CCn1c(=O)cc(C2CCN(C)CC2)c2cc(C(=O)OCc3ccccc3)ccc21. The fraction of sp³-hybridized carbons (Fsp3) is 0.360. The largest absolute Gasteiger partial charge is 0.457 e. The summed E-state index contributed by atoms with van der Waals surface area (Å²) in [5, 5.41) is 0.986. The smallest absolute Gasteiger partial charge is 0.338 e. The zero-order valence-electron chi connectivity index (χ0n) is 17.6. The molecule has 30 heavy (non-hydrogen) atoms. The Morgan fingerprint density at radius 1 is 1.07 bits per heavy atom. The normalized spacial score (nSPS) is 15.4. The van der Waals surface area contributed by atoms with Crippen LogP contribution < -0.4 is 5.56 Å². The molecule has 0 atom stereocenters. The molecule has 5 heteroatoms. The number of fused-ring (bicyclic) bond motifs is 1. The Hall–Kier alpha value is -2.92. The van der Waals surface area contributed by atoms with Crippen LogP contribution in [0.15, 0.2) is 59.4 Å². The molecule has 5 nitrogen and oxygen atoms in total. The highest BCUT2D eigenvalue weighted by Crippen LogP contribution is 2.32. The fourth-order valence-electron chi connectivity index (χ4n) is 4.33. The summed E-state index contributed by atoms with van der Waals surface area (Å²) in [6.07, 6.45) is 2.04. The second kappa shape index (κ2) is 8.84. The zero-order chi connectivity index (χ0) is 21.1. The van der Waals surface area contributed by atoms with E-state index in [4.69, 9.17) is 4.74 Å². The van der Waals surface area contributed by atoms with E-state index in [0.717, 1.165) is 48.0 Å². The summed E-state index contributed by atoms with van der Waals surface area (Å²) in [5.41, 5.74) is 3.45. The van der Waals surface area contributed by atoms with Gasteiger partial charge in [-0.05, 0) is 75.1 Å². The van der Waals surface area contributed by atoms with Gasteiger partial charge >= 0.3 is 5.97 Å². The number of nitrogens with zero attached hydrogens (tertiary/aromatic N) is 2. The van der Waals surface area contributed by atoms with Gasteiger partial charge in [-0.3, -0.25) is 4.79 Å². The van der Waals surface area contributed by atoms with E-state index in [9.17, 15) is 9.59 Å². The van der Waals surface area contributed by atoms with Crippen molar-refractivity contribution in [1.29, 1.82) is 0 Å². The third-order valence-corrected chi connectivity index (χ3v) is 6.07. The molecule has 3 aromatic rings. The number of pyridine rings is 1. The molecule has 1 aliphatic rings. The summed E-state index contributed by atoms with van der Waals surface area (Å²) in [7, 11) is 2.13. The number of aryl methyl sites for hydroxylation is 1. The van der Waals surface area contributed by atoms with Crippen molar-refractivity contribution in [3.63, 3.8) is 0 Å². The number of hydrogen-bond donors (Lipinski definition) is 0. The first-order chi connectivity index (χ1) is 14.6. The molecule has 1 fully saturated rings. The summed E-state index contributed by atoms with van der Waals surface area (Å²) < 4.78 is 7.30. The molecule has 0 radical (unpaired) electrons. The van der Waals surface area contributed by atoms with Crippen LogP contribution in [0.2, 0.25) is 0 Å². The van der Waals surface area contributed by atoms with Crippen molar-refractivity contribution < 1.29 is 9.53 Å². The maximum atomic E-state index is 12.7. The van der Waals surface area contributed by atoms with E-state index >= 15 is 0 Å². The Labute approximate surface area is 176 Å². The van der Waals surface area contributed by atoms with Crippen LogP contribution in [0, 0.1) is 0 Å². The molecule has 2 heterocycles. The van der Waals surface area contributed by atoms with Gasteiger partial charge in [0.1, 0.15) is 6.61 Å². The fourth-order valence-corrected chi connectivity index (χ4v) is 4.33. The first-order valence-electron chi connectivity index (χ1n) is 10.6. The van der Waals surface area contributed by atoms with Crippen LogP contribution in [0.1, 0.15) is 47.2 Å². The van der Waals surface area contributed by atoms with Crippen LogP contribution in [0.3, 0.4) is 0 Å². The topological polar surface area (TPSA) is 51.5 Å². The highest BCUT2D eigenvalue weighted by Gasteiger charge is 2.22. The van der Waals surface area contributed by atoms with Gasteiger partial charge in [0.15, 0.2) is 0 Å². The number of ether oxygens (including phenoxy) is 1. The van der Waals surface area contributed by atoms with Crippen molar-refractivity contribution >= 4 is 16.9 Å². The van der Waals surface area contributed by atoms with Gasteiger partial charge in [-0.1, -0.05) is 30.3 Å². The van der Waals surface area contributed by atoms with E-state index in [-0.39, 0.29) is 18.1 Å². The van der Waals surface area contributed by atoms with Crippen molar-refractivity contribution in [3.8, 4) is 0 Å². The molecule has 1 saturated heterocycles. The monoisotopic (exact) mass is 404 g/mol. The Bertz CT molecular complexity index is 1100. The quantitative estimate of drug-likeness (QED) is 0.599. The second-order valence-corrected chi connectivity index (χ2v) is 8.05. The number of rotatable bonds is 5. The molecule has 0 unspecified atom stereocenters. The minimum Gasteiger partial charge on any atom is -0.457 e. The number of piperidine rings is 1. The summed E-state index contributed by atoms with van der Waals surface area (Å²) in [5.74, 6) is -0.0113. The van der Waals surface area contributed by atoms with Crippen LogP contribution in [-0.4, -0.2) is 35.6 Å². The molecule has 0 saturated carbocycles. The van der Waals surface area contributed by atoms with Crippen molar-refractivity contribution in [3.05, 3.63) is 81.6 Å². The first-order valence-corrected chi connectivity index (χ1v) is 10.6. The van der Waals surface area contributed by atoms with Gasteiger partial charge in [-0.2, -0.15) is 0 Å². The maximum Gasteiger partial charge on any atom is 0.338 e. The number of benzene rings is 2. The highest BCUT2D eigenvalue weighted by atomic mass is 16.5. The van der Waals surface area contributed by atoms with Crippen LogP contribution >= 0.6 is 0 Å². The van der Waals surface area contributed by atoms with Gasteiger partial charge in [0, 0.05) is 18.0 Å². The van der Waals surface area contributed by atoms with Crippen molar-refractivity contribution in [2.45, 2.75) is 38.8 Å². The van der Waals surface area contributed by atoms with Crippen LogP contribution in [0.5, 0.6) is 0 Å². The number of carbonyl (C=O) groups is 1. The molecule has 4 rings (SSSR count). The lowest BCUT2D eigenvalue weighted by Gasteiger charge is -2.30. The lowest BCUT2D eigenvalue weighted by atomic mass is 9.87. The molecule has 156 valence electrons. The number of hydrogen-bond acceptors (Lipinski definition) is 4. The Kier molecular flexibility index (Phi) is 6.00. The molecule has 1 aromatic heterocycles. The van der Waals surface area contributed by atoms with Crippen molar-refractivity contribution in [1.82, 2.24) is 9.47 Å². The minimum atomic E-state index is -0.343. The zero-order valence-corrected chi connectivity index (χ0v) is 17.6. The third-order valence-electron chi connectivity index (χ3n) is 6.07. The Morgan fingerprint density at radius 3 is 2.50 bits per heavy atom. The number of aromatic nitrogens is 1. The van der Waals surface area contributed by atoms with Gasteiger partial charge in [0.25, 0.3) is 5.56 Å². The van der Waals surface area contributed by atoms with E-state index < -0.39 is 0 Å². The van der Waals surface area contributed by atoms with Gasteiger partial charge in [-0.15, -0.1) is 0 Å². The van der Waals surface area contributed by atoms with Gasteiger partial charge in [-0.25, -0.2) is 4.79 Å². The summed E-state index contributed by atoms with van der Waals surface area (Å²) in [6.45, 7) is 4.84. The highest BCUT2D eigenvalue weighted by molar-refractivity contribution is 5.95. The lowest BCUT2D eigenvalue weighted by molar-refractivity contribution is 0.0473. The van der Waals surface area contributed by atoms with Crippen LogP contribution in [-0.2, 0) is 17.9 Å². The van der Waals surface area contributed by atoms with E-state index in [1.165, 1.54) is 0 Å². The average molecular weight is 405 g/mol. The maximum absolute atomic E-state index is 12.7. The molecule has 0 amide bonds. The van der Waals surface area contributed by atoms with Crippen LogP contribution in [0.25, 0.3) is 10.9 Å². The molecular formula is C25H28N2O3. The van der Waals surface area contributed by atoms with Gasteiger partial charge in [0.05, 0.1) is 11.1 Å². The minimum absolute atomic E-state index is 0.0262. The van der Waals surface area contributed by atoms with E-state index in [2.05, 4.69) is 11.9 Å². The number of carbonyl (C=O) groups excluding carboxylic acids is 1. The number of esters is 1. The second-order valence-electron chi connectivity index (χ2n) is 8.05. The molecule has 0 aliphatic carbocycles. The summed E-state index contributed by atoms with van der Waals surface area (Å²) in [4.78, 5) is 27.8. The van der Waals surface area contributed by atoms with E-state index in [1.807, 2.05) is 49.4 Å². The van der Waals surface area contributed by atoms with Gasteiger partial charge in [0.2, 0.25) is 0 Å². The standard InChI is InChI=1S/C25H28N2O3/c1-3-27-23-10-9-20(25(29)30-17-18-7-5-4-6-8-18)15-22(23)21(16-24(27)28)19-11-13-26(2)14-12-19/h4-10,15-16,19H,3,11-14,17H2,1-2H3. The third kappa shape index (κ3) is 4.17. The van der Waals surface area contributed by atoms with Crippen molar-refractivity contribution in [2.24, 2.45) is 0 Å². The molecule has 1 aliphatic heterocycles. The number of likely N-dealkylation sites (tertiary alicyclic amines) is 1. The molecular weight excluding hydrogens is 376 g/mol. The van der Waals surface area contributed by atoms with Crippen LogP contribution in [0.4, 0.5) is 0 Å². The molecule has 2 aromatic carbocycles. The average Bonchev–Trinajstić information content (AvgIpc) is 2.78. The Balaban J connectivity index is 1.69. The van der Waals surface area contributed by atoms with E-state index in [0.29, 0.717) is 18.0 Å². The molecule has 0 bridgehead atoms. The van der Waals surface area contributed by atoms with E-state index in [1.54, 1.807) is 16.7 Å². The van der Waals surface area contributed by atoms with Gasteiger partial charge < -0.3 is 14.2 Å². The predicted molar refractivity (Wildman–Crippen MR) is 119 cm³/mol. The Morgan fingerprint density at radius 2 is 1.80 bits per heavy atom. The lowest BCUT2D eigenvalue weighted by Crippen LogP contribution is -2.30. The first kappa shape index (κ1) is 20.4. The summed E-state index contributed by atoms with van der Waals surface area (Å²) >= 11 is 0. The molecule has 0 N–H and O–H groups in total. The molecule has 0 spiro atoms. The predicted octanol–water partition coefficient (Wildman–Crippen LogP) is 4.19. The van der Waals surface area contributed by atoms with Crippen molar-refractivity contribution in [2.75, 3.05) is 20.1 Å².